The molecule has 0 unspecified atom stereocenters. The number of rotatable bonds is 7. The van der Waals surface area contributed by atoms with Crippen molar-refractivity contribution in [3.63, 3.8) is 0 Å². The number of nitrogens with one attached hydrogen (secondary N) is 1. The summed E-state index contributed by atoms with van der Waals surface area (Å²) in [5, 5.41) is 1.33. The van der Waals surface area contributed by atoms with Gasteiger partial charge in [-0.05, 0) is 59.7 Å². The van der Waals surface area contributed by atoms with Crippen molar-refractivity contribution in [2.75, 3.05) is 23.6 Å². The molecule has 0 aliphatic carbocycles. The Kier molecular flexibility index (Phi) is 6.53. The SMILES string of the molecule is O=S(=O)(CC1CN(C(c2ccc(Cl)cc2)c2ccc(Cl)cc2)C1)Nc1ccc(F)cc1. The van der Waals surface area contributed by atoms with Crippen LogP contribution in [0.3, 0.4) is 0 Å². The molecule has 3 aromatic rings. The summed E-state index contributed by atoms with van der Waals surface area (Å²) in [4.78, 5) is 2.24. The Morgan fingerprint density at radius 2 is 1.35 bits per heavy atom. The van der Waals surface area contributed by atoms with E-state index in [4.69, 9.17) is 23.2 Å². The molecule has 3 aromatic carbocycles. The smallest absolute Gasteiger partial charge is 0.233 e. The highest BCUT2D eigenvalue weighted by Gasteiger charge is 2.36. The normalized spacial score (nSPS) is 15.1. The quantitative estimate of drug-likeness (QED) is 0.480. The standard InChI is InChI=1S/C23H21Cl2FN2O2S/c24-19-5-1-17(2-6-19)23(18-3-7-20(25)8-4-18)28-13-16(14-28)15-31(29,30)27-22-11-9-21(26)10-12-22/h1-12,16,23,27H,13-15H2. The molecule has 1 heterocycles. The molecule has 8 heteroatoms. The zero-order chi connectivity index (χ0) is 22.0. The van der Waals surface area contributed by atoms with Crippen LogP contribution < -0.4 is 4.72 Å². The molecule has 4 rings (SSSR count). The van der Waals surface area contributed by atoms with Gasteiger partial charge in [0.15, 0.2) is 0 Å². The van der Waals surface area contributed by atoms with E-state index < -0.39 is 15.8 Å². The molecule has 4 nitrogen and oxygen atoms in total. The molecule has 31 heavy (non-hydrogen) atoms. The van der Waals surface area contributed by atoms with Gasteiger partial charge in [0.2, 0.25) is 10.0 Å². The summed E-state index contributed by atoms with van der Waals surface area (Å²) in [5.41, 5.74) is 2.52. The fourth-order valence-electron chi connectivity index (χ4n) is 3.88. The summed E-state index contributed by atoms with van der Waals surface area (Å²) in [6, 6.07) is 20.6. The fraction of sp³-hybridized carbons (Fsp3) is 0.217. The largest absolute Gasteiger partial charge is 0.292 e. The number of sulfonamides is 1. The molecule has 0 atom stereocenters. The van der Waals surface area contributed by atoms with Crippen molar-refractivity contribution < 1.29 is 12.8 Å². The molecular formula is C23H21Cl2FN2O2S. The maximum atomic E-state index is 13.0. The van der Waals surface area contributed by atoms with Gasteiger partial charge in [0.1, 0.15) is 5.82 Å². The van der Waals surface area contributed by atoms with Gasteiger partial charge in [-0.25, -0.2) is 12.8 Å². The molecule has 0 radical (unpaired) electrons. The van der Waals surface area contributed by atoms with Crippen molar-refractivity contribution in [1.82, 2.24) is 4.90 Å². The third-order valence-corrected chi connectivity index (χ3v) is 7.26. The number of halogens is 3. The minimum absolute atomic E-state index is 0.0000452. The van der Waals surface area contributed by atoms with Crippen LogP contribution in [0.25, 0.3) is 0 Å². The molecule has 0 spiro atoms. The number of hydrogen-bond donors (Lipinski definition) is 1. The van der Waals surface area contributed by atoms with Crippen LogP contribution in [0, 0.1) is 11.7 Å². The lowest BCUT2D eigenvalue weighted by molar-refractivity contribution is 0.0813. The molecule has 1 aliphatic rings. The van der Waals surface area contributed by atoms with Crippen molar-refractivity contribution in [3.05, 3.63) is 99.8 Å². The molecule has 1 saturated heterocycles. The Bertz CT molecular complexity index is 1090. The van der Waals surface area contributed by atoms with Crippen molar-refractivity contribution in [2.24, 2.45) is 5.92 Å². The van der Waals surface area contributed by atoms with Crippen LogP contribution in [0.2, 0.25) is 10.0 Å². The molecule has 0 aromatic heterocycles. The summed E-state index contributed by atoms with van der Waals surface area (Å²) in [6.45, 7) is 1.28. The van der Waals surface area contributed by atoms with E-state index in [1.807, 2.05) is 48.5 Å². The predicted octanol–water partition coefficient (Wildman–Crippen LogP) is 5.60. The lowest BCUT2D eigenvalue weighted by Crippen LogP contribution is -2.51. The highest BCUT2D eigenvalue weighted by molar-refractivity contribution is 7.92. The average Bonchev–Trinajstić information content (AvgIpc) is 2.70. The highest BCUT2D eigenvalue weighted by Crippen LogP contribution is 2.35. The monoisotopic (exact) mass is 478 g/mol. The van der Waals surface area contributed by atoms with Gasteiger partial charge >= 0.3 is 0 Å². The van der Waals surface area contributed by atoms with Crippen molar-refractivity contribution in [2.45, 2.75) is 6.04 Å². The summed E-state index contributed by atoms with van der Waals surface area (Å²) in [5.74, 6) is -0.400. The first-order valence-corrected chi connectivity index (χ1v) is 12.2. The fourth-order valence-corrected chi connectivity index (χ4v) is 5.54. The third-order valence-electron chi connectivity index (χ3n) is 5.29. The van der Waals surface area contributed by atoms with Gasteiger partial charge in [0.05, 0.1) is 11.8 Å². The van der Waals surface area contributed by atoms with E-state index in [1.165, 1.54) is 24.3 Å². The van der Waals surface area contributed by atoms with E-state index in [2.05, 4.69) is 9.62 Å². The van der Waals surface area contributed by atoms with Crippen LogP contribution in [0.5, 0.6) is 0 Å². The number of anilines is 1. The van der Waals surface area contributed by atoms with E-state index in [1.54, 1.807) is 0 Å². The van der Waals surface area contributed by atoms with Gasteiger partial charge < -0.3 is 0 Å². The number of benzene rings is 3. The minimum Gasteiger partial charge on any atom is -0.292 e. The first-order valence-electron chi connectivity index (χ1n) is 9.80. The molecule has 1 fully saturated rings. The third kappa shape index (κ3) is 5.57. The van der Waals surface area contributed by atoms with Gasteiger partial charge in [-0.15, -0.1) is 0 Å². The van der Waals surface area contributed by atoms with Crippen LogP contribution in [-0.4, -0.2) is 32.2 Å². The first kappa shape index (κ1) is 22.1. The second kappa shape index (κ2) is 9.17. The molecule has 0 saturated carbocycles. The van der Waals surface area contributed by atoms with Gasteiger partial charge in [-0.3, -0.25) is 9.62 Å². The van der Waals surface area contributed by atoms with E-state index in [-0.39, 0.29) is 17.7 Å². The van der Waals surface area contributed by atoms with Gasteiger partial charge in [0.25, 0.3) is 0 Å². The first-order chi connectivity index (χ1) is 14.8. The van der Waals surface area contributed by atoms with Crippen molar-refractivity contribution in [3.8, 4) is 0 Å². The van der Waals surface area contributed by atoms with Crippen LogP contribution in [-0.2, 0) is 10.0 Å². The molecule has 0 bridgehead atoms. The number of likely N-dealkylation sites (tertiary alicyclic amines) is 1. The molecule has 162 valence electrons. The summed E-state index contributed by atoms with van der Waals surface area (Å²) < 4.78 is 40.6. The molecule has 1 N–H and O–H groups in total. The number of nitrogens with zero attached hydrogens (tertiary/aromatic N) is 1. The van der Waals surface area contributed by atoms with Crippen LogP contribution >= 0.6 is 23.2 Å². The Morgan fingerprint density at radius 3 is 1.84 bits per heavy atom. The van der Waals surface area contributed by atoms with E-state index in [0.717, 1.165) is 11.1 Å². The zero-order valence-corrected chi connectivity index (χ0v) is 18.8. The summed E-state index contributed by atoms with van der Waals surface area (Å²) >= 11 is 12.1. The maximum absolute atomic E-state index is 13.0. The summed E-state index contributed by atoms with van der Waals surface area (Å²) in [7, 11) is -3.53. The Labute approximate surface area is 191 Å². The Balaban J connectivity index is 1.45. The second-order valence-electron chi connectivity index (χ2n) is 7.72. The van der Waals surface area contributed by atoms with Crippen LogP contribution in [0.15, 0.2) is 72.8 Å². The average molecular weight is 479 g/mol. The van der Waals surface area contributed by atoms with Gasteiger partial charge in [0, 0.05) is 34.7 Å². The van der Waals surface area contributed by atoms with E-state index >= 15 is 0 Å². The molecular weight excluding hydrogens is 458 g/mol. The number of hydrogen-bond acceptors (Lipinski definition) is 3. The lowest BCUT2D eigenvalue weighted by Gasteiger charge is -2.44. The van der Waals surface area contributed by atoms with E-state index in [0.29, 0.717) is 28.8 Å². The Hall–Kier alpha value is -2.12. The topological polar surface area (TPSA) is 49.4 Å². The van der Waals surface area contributed by atoms with Crippen LogP contribution in [0.1, 0.15) is 17.2 Å². The lowest BCUT2D eigenvalue weighted by atomic mass is 9.91. The van der Waals surface area contributed by atoms with Gasteiger partial charge in [-0.1, -0.05) is 47.5 Å². The molecule has 0 amide bonds. The second-order valence-corrected chi connectivity index (χ2v) is 10.4. The predicted molar refractivity (Wildman–Crippen MR) is 124 cm³/mol. The zero-order valence-electron chi connectivity index (χ0n) is 16.5. The van der Waals surface area contributed by atoms with Crippen molar-refractivity contribution >= 4 is 38.9 Å². The summed E-state index contributed by atoms with van der Waals surface area (Å²) in [6.07, 6.45) is 0. The highest BCUT2D eigenvalue weighted by atomic mass is 35.5. The van der Waals surface area contributed by atoms with E-state index in [9.17, 15) is 12.8 Å². The maximum Gasteiger partial charge on any atom is 0.233 e. The van der Waals surface area contributed by atoms with Gasteiger partial charge in [-0.2, -0.15) is 0 Å². The van der Waals surface area contributed by atoms with Crippen molar-refractivity contribution in [1.29, 1.82) is 0 Å². The van der Waals surface area contributed by atoms with Crippen LogP contribution in [0.4, 0.5) is 10.1 Å². The molecule has 1 aliphatic heterocycles. The Morgan fingerprint density at radius 1 is 0.871 bits per heavy atom. The minimum atomic E-state index is -3.53.